The van der Waals surface area contributed by atoms with E-state index in [1.807, 2.05) is 20.8 Å². The fraction of sp³-hybridized carbons (Fsp3) is 0.733. The van der Waals surface area contributed by atoms with Crippen LogP contribution in [0.25, 0.3) is 0 Å². The summed E-state index contributed by atoms with van der Waals surface area (Å²) in [5, 5.41) is 3.33. The second-order valence-corrected chi connectivity index (χ2v) is 7.36. The van der Waals surface area contributed by atoms with E-state index in [4.69, 9.17) is 9.72 Å². The van der Waals surface area contributed by atoms with Crippen LogP contribution in [0.2, 0.25) is 0 Å². The first kappa shape index (κ1) is 17.6. The molecule has 20 heavy (non-hydrogen) atoms. The third kappa shape index (κ3) is 4.04. The molecule has 4 nitrogen and oxygen atoms in total. The number of hydrogen-bond donors (Lipinski definition) is 1. The van der Waals surface area contributed by atoms with Crippen molar-refractivity contribution < 1.29 is 4.74 Å². The number of anilines is 1. The number of ether oxygens (including phenoxy) is 1. The van der Waals surface area contributed by atoms with Crippen molar-refractivity contribution in [3.63, 3.8) is 0 Å². The average molecular weight is 391 g/mol. The lowest BCUT2D eigenvalue weighted by Gasteiger charge is -2.27. The largest absolute Gasteiger partial charge is 0.369 e. The zero-order valence-electron chi connectivity index (χ0n) is 13.6. The van der Waals surface area contributed by atoms with Gasteiger partial charge in [0.1, 0.15) is 11.4 Å². The van der Waals surface area contributed by atoms with Gasteiger partial charge < -0.3 is 10.1 Å². The SMILES string of the molecule is CCNc1nc(C(C)(C)OCC)nc(C(C)(C)C)c1I. The van der Waals surface area contributed by atoms with Gasteiger partial charge in [0.25, 0.3) is 0 Å². The normalized spacial score (nSPS) is 12.6. The quantitative estimate of drug-likeness (QED) is 0.769. The maximum absolute atomic E-state index is 5.80. The molecule has 1 rings (SSSR count). The second kappa shape index (κ2) is 6.56. The highest BCUT2D eigenvalue weighted by atomic mass is 127. The van der Waals surface area contributed by atoms with Crippen LogP contribution in [0.1, 0.15) is 60.0 Å². The minimum absolute atomic E-state index is 0.0271. The van der Waals surface area contributed by atoms with Crippen molar-refractivity contribution in [2.75, 3.05) is 18.5 Å². The summed E-state index contributed by atoms with van der Waals surface area (Å²) in [5.41, 5.74) is 0.552. The Kier molecular flexibility index (Phi) is 5.78. The van der Waals surface area contributed by atoms with Gasteiger partial charge in [0.15, 0.2) is 5.82 Å². The van der Waals surface area contributed by atoms with Crippen LogP contribution < -0.4 is 5.32 Å². The van der Waals surface area contributed by atoms with Crippen molar-refractivity contribution in [1.29, 1.82) is 0 Å². The van der Waals surface area contributed by atoms with Crippen molar-refractivity contribution >= 4 is 28.4 Å². The third-order valence-electron chi connectivity index (χ3n) is 2.95. The van der Waals surface area contributed by atoms with E-state index in [2.05, 4.69) is 60.6 Å². The standard InChI is InChI=1S/C15H26IN3O/c1-8-17-12-10(16)11(14(3,4)5)18-13(19-12)15(6,7)20-9-2/h8-9H2,1-7H3,(H,17,18,19). The van der Waals surface area contributed by atoms with Crippen LogP contribution in [-0.2, 0) is 15.8 Å². The molecule has 0 saturated carbocycles. The lowest BCUT2D eigenvalue weighted by molar-refractivity contribution is -0.0210. The molecule has 114 valence electrons. The van der Waals surface area contributed by atoms with Crippen LogP contribution in [-0.4, -0.2) is 23.1 Å². The molecule has 0 bridgehead atoms. The number of aromatic nitrogens is 2. The van der Waals surface area contributed by atoms with Gasteiger partial charge >= 0.3 is 0 Å². The molecule has 0 aliphatic rings. The molecule has 1 aromatic rings. The van der Waals surface area contributed by atoms with Crippen LogP contribution in [0.15, 0.2) is 0 Å². The summed E-state index contributed by atoms with van der Waals surface area (Å²) in [6.07, 6.45) is 0. The number of nitrogens with one attached hydrogen (secondary N) is 1. The molecular formula is C15H26IN3O. The molecule has 1 heterocycles. The molecule has 0 saturated heterocycles. The number of nitrogens with zero attached hydrogens (tertiary/aromatic N) is 2. The van der Waals surface area contributed by atoms with Gasteiger partial charge in [-0.05, 0) is 50.3 Å². The Morgan fingerprint density at radius 2 is 1.70 bits per heavy atom. The van der Waals surface area contributed by atoms with Crippen LogP contribution in [0, 0.1) is 3.57 Å². The monoisotopic (exact) mass is 391 g/mol. The molecule has 0 unspecified atom stereocenters. The van der Waals surface area contributed by atoms with Crippen LogP contribution in [0.5, 0.6) is 0 Å². The van der Waals surface area contributed by atoms with E-state index >= 15 is 0 Å². The molecule has 0 aliphatic heterocycles. The Hall–Kier alpha value is -0.430. The third-order valence-corrected chi connectivity index (χ3v) is 3.97. The number of rotatable bonds is 5. The Bertz CT molecular complexity index is 467. The van der Waals surface area contributed by atoms with Gasteiger partial charge in [-0.3, -0.25) is 0 Å². The maximum Gasteiger partial charge on any atom is 0.162 e. The molecule has 0 radical (unpaired) electrons. The summed E-state index contributed by atoms with van der Waals surface area (Å²) in [6.45, 7) is 16.1. The second-order valence-electron chi connectivity index (χ2n) is 6.28. The Labute approximate surface area is 136 Å². The van der Waals surface area contributed by atoms with Gasteiger partial charge in [-0.2, -0.15) is 0 Å². The highest BCUT2D eigenvalue weighted by Gasteiger charge is 2.30. The van der Waals surface area contributed by atoms with Gasteiger partial charge in [0.05, 0.1) is 9.26 Å². The topological polar surface area (TPSA) is 47.0 Å². The van der Waals surface area contributed by atoms with E-state index in [1.165, 1.54) is 0 Å². The van der Waals surface area contributed by atoms with E-state index in [-0.39, 0.29) is 5.41 Å². The minimum Gasteiger partial charge on any atom is -0.369 e. The molecule has 0 aromatic carbocycles. The predicted molar refractivity (Wildman–Crippen MR) is 92.3 cm³/mol. The Morgan fingerprint density at radius 3 is 2.15 bits per heavy atom. The van der Waals surface area contributed by atoms with Gasteiger partial charge in [-0.25, -0.2) is 9.97 Å². The van der Waals surface area contributed by atoms with Crippen LogP contribution in [0.4, 0.5) is 5.82 Å². The summed E-state index contributed by atoms with van der Waals surface area (Å²) in [5.74, 6) is 1.64. The van der Waals surface area contributed by atoms with Gasteiger partial charge in [0, 0.05) is 18.6 Å². The van der Waals surface area contributed by atoms with Gasteiger partial charge in [-0.1, -0.05) is 20.8 Å². The molecule has 5 heteroatoms. The van der Waals surface area contributed by atoms with E-state index in [0.29, 0.717) is 6.61 Å². The van der Waals surface area contributed by atoms with Gasteiger partial charge in [-0.15, -0.1) is 0 Å². The Morgan fingerprint density at radius 1 is 1.10 bits per heavy atom. The first-order chi connectivity index (χ1) is 9.13. The average Bonchev–Trinajstić information content (AvgIpc) is 2.30. The molecule has 0 spiro atoms. The predicted octanol–water partition coefficient (Wildman–Crippen LogP) is 4.08. The summed E-state index contributed by atoms with van der Waals surface area (Å²) >= 11 is 2.33. The van der Waals surface area contributed by atoms with Crippen molar-refractivity contribution in [3.05, 3.63) is 15.1 Å². The zero-order valence-corrected chi connectivity index (χ0v) is 15.8. The minimum atomic E-state index is -0.483. The van der Waals surface area contributed by atoms with Crippen molar-refractivity contribution in [3.8, 4) is 0 Å². The smallest absolute Gasteiger partial charge is 0.162 e. The summed E-state index contributed by atoms with van der Waals surface area (Å²) in [7, 11) is 0. The lowest BCUT2D eigenvalue weighted by atomic mass is 9.91. The first-order valence-corrected chi connectivity index (χ1v) is 8.17. The first-order valence-electron chi connectivity index (χ1n) is 7.09. The van der Waals surface area contributed by atoms with Crippen molar-refractivity contribution in [2.24, 2.45) is 0 Å². The van der Waals surface area contributed by atoms with E-state index in [0.717, 1.165) is 27.5 Å². The zero-order chi connectivity index (χ0) is 15.6. The summed E-state index contributed by atoms with van der Waals surface area (Å²) < 4.78 is 6.89. The maximum atomic E-state index is 5.80. The highest BCUT2D eigenvalue weighted by molar-refractivity contribution is 14.1. The fourth-order valence-electron chi connectivity index (χ4n) is 1.92. The molecule has 1 N–H and O–H groups in total. The van der Waals surface area contributed by atoms with Crippen molar-refractivity contribution in [1.82, 2.24) is 9.97 Å². The van der Waals surface area contributed by atoms with Crippen LogP contribution >= 0.6 is 22.6 Å². The molecule has 0 aliphatic carbocycles. The summed E-state index contributed by atoms with van der Waals surface area (Å²) in [4.78, 5) is 9.46. The van der Waals surface area contributed by atoms with E-state index < -0.39 is 5.60 Å². The fourth-order valence-corrected chi connectivity index (χ4v) is 3.16. The molecule has 0 fully saturated rings. The van der Waals surface area contributed by atoms with E-state index in [9.17, 15) is 0 Å². The highest BCUT2D eigenvalue weighted by Crippen LogP contribution is 2.32. The Balaban J connectivity index is 3.44. The van der Waals surface area contributed by atoms with Crippen LogP contribution in [0.3, 0.4) is 0 Å². The summed E-state index contributed by atoms with van der Waals surface area (Å²) in [6, 6.07) is 0. The molecule has 0 atom stereocenters. The van der Waals surface area contributed by atoms with Gasteiger partial charge in [0.2, 0.25) is 0 Å². The number of halogens is 1. The number of hydrogen-bond acceptors (Lipinski definition) is 4. The lowest BCUT2D eigenvalue weighted by Crippen LogP contribution is -2.28. The van der Waals surface area contributed by atoms with Crippen molar-refractivity contribution in [2.45, 2.75) is 59.5 Å². The molecular weight excluding hydrogens is 365 g/mol. The molecule has 0 amide bonds. The molecule has 1 aromatic heterocycles. The van der Waals surface area contributed by atoms with E-state index in [1.54, 1.807) is 0 Å².